The molecule has 2 N–H and O–H groups in total. The maximum Gasteiger partial charge on any atom is 0.221 e. The Balaban J connectivity index is 1.75. The van der Waals surface area contributed by atoms with Crippen LogP contribution in [-0.4, -0.2) is 19.0 Å². The third-order valence-electron chi connectivity index (χ3n) is 3.29. The molecule has 0 heterocycles. The van der Waals surface area contributed by atoms with Crippen molar-refractivity contribution in [2.75, 3.05) is 13.1 Å². The molecule has 0 atom stereocenters. The zero-order valence-corrected chi connectivity index (χ0v) is 11.0. The van der Waals surface area contributed by atoms with Gasteiger partial charge in [0.15, 0.2) is 0 Å². The van der Waals surface area contributed by atoms with Crippen LogP contribution in [-0.2, 0) is 11.3 Å². The molecule has 0 radical (unpaired) electrons. The topological polar surface area (TPSA) is 41.1 Å². The van der Waals surface area contributed by atoms with E-state index in [-0.39, 0.29) is 5.91 Å². The highest BCUT2D eigenvalue weighted by Gasteiger charge is 2.25. The predicted octanol–water partition coefficient (Wildman–Crippen LogP) is 2.18. The van der Waals surface area contributed by atoms with E-state index in [4.69, 9.17) is 0 Å². The molecule has 0 bridgehead atoms. The first-order valence-electron chi connectivity index (χ1n) is 6.86. The predicted molar refractivity (Wildman–Crippen MR) is 73.4 cm³/mol. The van der Waals surface area contributed by atoms with E-state index >= 15 is 0 Å². The van der Waals surface area contributed by atoms with Crippen LogP contribution in [0.2, 0.25) is 0 Å². The summed E-state index contributed by atoms with van der Waals surface area (Å²) in [5, 5.41) is 6.16. The number of carbonyl (C=O) groups is 1. The molecule has 1 saturated carbocycles. The number of hydrogen-bond acceptors (Lipinski definition) is 2. The first kappa shape index (κ1) is 13.1. The first-order valence-corrected chi connectivity index (χ1v) is 6.86. The highest BCUT2D eigenvalue weighted by Crippen LogP contribution is 2.41. The summed E-state index contributed by atoms with van der Waals surface area (Å²) in [6, 6.07) is 8.63. The van der Waals surface area contributed by atoms with Gasteiger partial charge in [0.2, 0.25) is 5.91 Å². The van der Waals surface area contributed by atoms with E-state index in [0.717, 1.165) is 19.0 Å². The van der Waals surface area contributed by atoms with E-state index in [2.05, 4.69) is 34.9 Å². The maximum absolute atomic E-state index is 11.3. The molecular weight excluding hydrogens is 224 g/mol. The smallest absolute Gasteiger partial charge is 0.221 e. The molecule has 2 rings (SSSR count). The number of hydrogen-bond donors (Lipinski definition) is 2. The highest BCUT2D eigenvalue weighted by molar-refractivity contribution is 5.75. The molecule has 0 unspecified atom stereocenters. The summed E-state index contributed by atoms with van der Waals surface area (Å²) < 4.78 is 0. The lowest BCUT2D eigenvalue weighted by atomic mass is 10.0. The van der Waals surface area contributed by atoms with Crippen LogP contribution in [0.5, 0.6) is 0 Å². The summed E-state index contributed by atoms with van der Waals surface area (Å²) in [7, 11) is 0. The van der Waals surface area contributed by atoms with Gasteiger partial charge >= 0.3 is 0 Å². The van der Waals surface area contributed by atoms with Crippen LogP contribution < -0.4 is 10.6 Å². The van der Waals surface area contributed by atoms with Gasteiger partial charge in [-0.25, -0.2) is 0 Å². The average molecular weight is 246 g/mol. The highest BCUT2D eigenvalue weighted by atomic mass is 16.1. The Labute approximate surface area is 109 Å². The molecule has 0 aromatic heterocycles. The molecule has 0 aliphatic heterocycles. The molecule has 1 amide bonds. The fraction of sp³-hybridized carbons (Fsp3) is 0.533. The van der Waals surface area contributed by atoms with Gasteiger partial charge in [-0.1, -0.05) is 24.3 Å². The Bertz CT molecular complexity index is 399. The van der Waals surface area contributed by atoms with Gasteiger partial charge in [-0.05, 0) is 36.8 Å². The van der Waals surface area contributed by atoms with Crippen LogP contribution in [0.3, 0.4) is 0 Å². The second-order valence-corrected chi connectivity index (χ2v) is 4.85. The quantitative estimate of drug-likeness (QED) is 0.724. The van der Waals surface area contributed by atoms with Crippen LogP contribution in [0.25, 0.3) is 0 Å². The lowest BCUT2D eigenvalue weighted by Crippen LogP contribution is -2.27. The van der Waals surface area contributed by atoms with Crippen LogP contribution in [0.15, 0.2) is 24.3 Å². The van der Waals surface area contributed by atoms with E-state index in [1.54, 1.807) is 0 Å². The van der Waals surface area contributed by atoms with Crippen LogP contribution in [0.1, 0.15) is 43.2 Å². The summed E-state index contributed by atoms with van der Waals surface area (Å²) in [5.41, 5.74) is 2.87. The van der Waals surface area contributed by atoms with Crippen molar-refractivity contribution in [3.05, 3.63) is 35.4 Å². The lowest BCUT2D eigenvalue weighted by molar-refractivity contribution is -0.120. The monoisotopic (exact) mass is 246 g/mol. The van der Waals surface area contributed by atoms with Crippen LogP contribution in [0, 0.1) is 0 Å². The minimum Gasteiger partial charge on any atom is -0.356 e. The second-order valence-electron chi connectivity index (χ2n) is 4.85. The summed E-state index contributed by atoms with van der Waals surface area (Å²) >= 11 is 0. The van der Waals surface area contributed by atoms with E-state index < -0.39 is 0 Å². The third-order valence-corrected chi connectivity index (χ3v) is 3.29. The molecule has 1 aromatic carbocycles. The van der Waals surface area contributed by atoms with E-state index in [0.29, 0.717) is 13.0 Å². The maximum atomic E-state index is 11.3. The van der Waals surface area contributed by atoms with Gasteiger partial charge < -0.3 is 10.6 Å². The van der Waals surface area contributed by atoms with Crippen LogP contribution >= 0.6 is 0 Å². The molecule has 3 nitrogen and oxygen atoms in total. The molecule has 1 aliphatic carbocycles. The summed E-state index contributed by atoms with van der Waals surface area (Å²) in [6.45, 7) is 4.26. The zero-order valence-electron chi connectivity index (χ0n) is 11.0. The van der Waals surface area contributed by atoms with Gasteiger partial charge in [-0.15, -0.1) is 0 Å². The van der Waals surface area contributed by atoms with Gasteiger partial charge in [0.05, 0.1) is 0 Å². The van der Waals surface area contributed by atoms with E-state index in [1.165, 1.54) is 24.0 Å². The molecule has 3 heteroatoms. The van der Waals surface area contributed by atoms with Gasteiger partial charge in [0.25, 0.3) is 0 Å². The van der Waals surface area contributed by atoms with Crippen molar-refractivity contribution in [2.24, 2.45) is 0 Å². The van der Waals surface area contributed by atoms with Gasteiger partial charge in [0.1, 0.15) is 0 Å². The Morgan fingerprint density at radius 3 is 2.83 bits per heavy atom. The van der Waals surface area contributed by atoms with Crippen molar-refractivity contribution in [2.45, 2.75) is 38.6 Å². The fourth-order valence-electron chi connectivity index (χ4n) is 2.20. The van der Waals surface area contributed by atoms with Gasteiger partial charge in [-0.3, -0.25) is 4.79 Å². The average Bonchev–Trinajstić information content (AvgIpc) is 3.20. The molecule has 1 fully saturated rings. The van der Waals surface area contributed by atoms with Crippen molar-refractivity contribution >= 4 is 5.91 Å². The molecule has 98 valence electrons. The fourth-order valence-corrected chi connectivity index (χ4v) is 2.20. The minimum atomic E-state index is 0.125. The van der Waals surface area contributed by atoms with Crippen molar-refractivity contribution in [3.63, 3.8) is 0 Å². The Morgan fingerprint density at radius 2 is 2.11 bits per heavy atom. The van der Waals surface area contributed by atoms with Crippen molar-refractivity contribution in [1.29, 1.82) is 0 Å². The number of carbonyl (C=O) groups excluding carboxylic acids is 1. The molecule has 0 saturated heterocycles. The summed E-state index contributed by atoms with van der Waals surface area (Å²) in [5.74, 6) is 0.909. The SMILES string of the molecule is CCNC(=O)CCNCc1ccccc1C1CC1. The molecule has 1 aliphatic rings. The lowest BCUT2D eigenvalue weighted by Gasteiger charge is -2.09. The number of rotatable bonds is 7. The molecule has 0 spiro atoms. The van der Waals surface area contributed by atoms with Crippen molar-refractivity contribution in [1.82, 2.24) is 10.6 Å². The van der Waals surface area contributed by atoms with Gasteiger partial charge in [0, 0.05) is 26.1 Å². The van der Waals surface area contributed by atoms with Crippen molar-refractivity contribution in [3.8, 4) is 0 Å². The molecule has 18 heavy (non-hydrogen) atoms. The van der Waals surface area contributed by atoms with E-state index in [9.17, 15) is 4.79 Å². The zero-order chi connectivity index (χ0) is 12.8. The first-order chi connectivity index (χ1) is 8.81. The third kappa shape index (κ3) is 3.84. The standard InChI is InChI=1S/C15H22N2O/c1-2-17-15(18)9-10-16-11-13-5-3-4-6-14(13)12-7-8-12/h3-6,12,16H,2,7-11H2,1H3,(H,17,18). The van der Waals surface area contributed by atoms with Crippen LogP contribution in [0.4, 0.5) is 0 Å². The Morgan fingerprint density at radius 1 is 1.33 bits per heavy atom. The Kier molecular flexibility index (Phi) is 4.76. The minimum absolute atomic E-state index is 0.125. The summed E-state index contributed by atoms with van der Waals surface area (Å²) in [4.78, 5) is 11.3. The largest absolute Gasteiger partial charge is 0.356 e. The Hall–Kier alpha value is -1.35. The second kappa shape index (κ2) is 6.55. The van der Waals surface area contributed by atoms with Gasteiger partial charge in [-0.2, -0.15) is 0 Å². The van der Waals surface area contributed by atoms with E-state index in [1.807, 2.05) is 6.92 Å². The molecular formula is C15H22N2O. The number of amides is 1. The molecule has 1 aromatic rings. The summed E-state index contributed by atoms with van der Waals surface area (Å²) in [6.07, 6.45) is 3.21. The normalized spacial score (nSPS) is 14.5. The number of benzene rings is 1. The number of nitrogens with one attached hydrogen (secondary N) is 2. The van der Waals surface area contributed by atoms with Crippen molar-refractivity contribution < 1.29 is 4.79 Å².